The maximum absolute atomic E-state index is 12.1. The maximum atomic E-state index is 12.1. The van der Waals surface area contributed by atoms with Gasteiger partial charge in [0, 0.05) is 15.6 Å². The van der Waals surface area contributed by atoms with Crippen molar-refractivity contribution < 1.29 is 14.6 Å². The molecule has 1 heterocycles. The molecule has 6 nitrogen and oxygen atoms in total. The SMILES string of the molecule is CC(Oc1ccc(Cl)cc1-n1nc2ccccc2n1)(C(=O)O)c1ccc(Cl)cc1. The largest absolute Gasteiger partial charge is 0.478 e. The van der Waals surface area contributed by atoms with Gasteiger partial charge in [0.25, 0.3) is 0 Å². The number of fused-ring (bicyclic) bond motifs is 1. The average Bonchev–Trinajstić information content (AvgIpc) is 3.13. The maximum Gasteiger partial charge on any atom is 0.352 e. The molecule has 4 aromatic rings. The summed E-state index contributed by atoms with van der Waals surface area (Å²) in [4.78, 5) is 13.5. The second-order valence-electron chi connectivity index (χ2n) is 6.54. The highest BCUT2D eigenvalue weighted by molar-refractivity contribution is 6.31. The Morgan fingerprint density at radius 3 is 2.14 bits per heavy atom. The van der Waals surface area contributed by atoms with E-state index in [2.05, 4.69) is 10.2 Å². The highest BCUT2D eigenvalue weighted by atomic mass is 35.5. The number of nitrogens with zero attached hydrogens (tertiary/aromatic N) is 3. The summed E-state index contributed by atoms with van der Waals surface area (Å²) in [6, 6.07) is 18.7. The zero-order chi connectivity index (χ0) is 20.6. The second-order valence-corrected chi connectivity index (χ2v) is 7.41. The lowest BCUT2D eigenvalue weighted by molar-refractivity contribution is -0.154. The number of rotatable bonds is 5. The molecular formula is C21H15Cl2N3O3. The van der Waals surface area contributed by atoms with E-state index in [0.717, 1.165) is 0 Å². The third-order valence-electron chi connectivity index (χ3n) is 4.54. The van der Waals surface area contributed by atoms with E-state index in [1.165, 1.54) is 11.7 Å². The number of aromatic nitrogens is 3. The van der Waals surface area contributed by atoms with Crippen molar-refractivity contribution in [3.63, 3.8) is 0 Å². The van der Waals surface area contributed by atoms with Gasteiger partial charge in [-0.1, -0.05) is 47.5 Å². The van der Waals surface area contributed by atoms with Crippen LogP contribution in [-0.2, 0) is 10.4 Å². The fourth-order valence-electron chi connectivity index (χ4n) is 2.91. The molecule has 0 radical (unpaired) electrons. The summed E-state index contributed by atoms with van der Waals surface area (Å²) < 4.78 is 6.02. The van der Waals surface area contributed by atoms with Crippen LogP contribution >= 0.6 is 23.2 Å². The molecule has 4 rings (SSSR count). The Bertz CT molecular complexity index is 1170. The minimum absolute atomic E-state index is 0.273. The van der Waals surface area contributed by atoms with Crippen molar-refractivity contribution in [3.05, 3.63) is 82.3 Å². The van der Waals surface area contributed by atoms with Crippen LogP contribution in [0.3, 0.4) is 0 Å². The lowest BCUT2D eigenvalue weighted by Gasteiger charge is -2.28. The molecule has 3 aromatic carbocycles. The molecule has 1 aromatic heterocycles. The van der Waals surface area contributed by atoms with Crippen LogP contribution in [0.1, 0.15) is 12.5 Å². The van der Waals surface area contributed by atoms with Crippen LogP contribution in [-0.4, -0.2) is 26.1 Å². The van der Waals surface area contributed by atoms with Gasteiger partial charge in [0.1, 0.15) is 22.5 Å². The molecule has 1 N–H and O–H groups in total. The Kier molecular flexibility index (Phi) is 4.90. The number of carboxylic acid groups (broad SMARTS) is 1. The molecule has 1 atom stereocenters. The number of hydrogen-bond acceptors (Lipinski definition) is 4. The molecule has 0 saturated heterocycles. The van der Waals surface area contributed by atoms with E-state index in [1.54, 1.807) is 42.5 Å². The van der Waals surface area contributed by atoms with Gasteiger partial charge in [0.2, 0.25) is 5.60 Å². The van der Waals surface area contributed by atoms with E-state index >= 15 is 0 Å². The first-order chi connectivity index (χ1) is 13.9. The predicted molar refractivity (Wildman–Crippen MR) is 111 cm³/mol. The normalized spacial score (nSPS) is 13.2. The zero-order valence-corrected chi connectivity index (χ0v) is 16.7. The first-order valence-corrected chi connectivity index (χ1v) is 9.43. The number of aliphatic carboxylic acids is 1. The first-order valence-electron chi connectivity index (χ1n) is 8.67. The minimum Gasteiger partial charge on any atom is -0.478 e. The zero-order valence-electron chi connectivity index (χ0n) is 15.2. The molecule has 0 spiro atoms. The summed E-state index contributed by atoms with van der Waals surface area (Å²) in [5, 5.41) is 19.8. The lowest BCUT2D eigenvalue weighted by atomic mass is 9.96. The van der Waals surface area contributed by atoms with E-state index in [9.17, 15) is 9.90 Å². The fraction of sp³-hybridized carbons (Fsp3) is 0.0952. The van der Waals surface area contributed by atoms with Crippen LogP contribution in [0, 0.1) is 0 Å². The fourth-order valence-corrected chi connectivity index (χ4v) is 3.21. The molecule has 146 valence electrons. The van der Waals surface area contributed by atoms with Crippen LogP contribution in [0.2, 0.25) is 10.0 Å². The van der Waals surface area contributed by atoms with Crippen molar-refractivity contribution in [2.24, 2.45) is 0 Å². The summed E-state index contributed by atoms with van der Waals surface area (Å²) in [5.41, 5.74) is 0.581. The summed E-state index contributed by atoms with van der Waals surface area (Å²) in [6.45, 7) is 1.48. The molecule has 29 heavy (non-hydrogen) atoms. The number of carbonyl (C=O) groups is 1. The van der Waals surface area contributed by atoms with Crippen LogP contribution < -0.4 is 4.74 Å². The van der Waals surface area contributed by atoms with Gasteiger partial charge in [-0.15, -0.1) is 15.0 Å². The predicted octanol–water partition coefficient (Wildman–Crippen LogP) is 5.11. The third kappa shape index (κ3) is 3.64. The molecule has 8 heteroatoms. The smallest absolute Gasteiger partial charge is 0.352 e. The van der Waals surface area contributed by atoms with Crippen molar-refractivity contribution in [2.75, 3.05) is 0 Å². The highest BCUT2D eigenvalue weighted by Gasteiger charge is 2.38. The number of halogens is 2. The van der Waals surface area contributed by atoms with Crippen molar-refractivity contribution in [1.82, 2.24) is 15.0 Å². The lowest BCUT2D eigenvalue weighted by Crippen LogP contribution is -2.38. The Balaban J connectivity index is 1.82. The summed E-state index contributed by atoms with van der Waals surface area (Å²) in [6.07, 6.45) is 0. The quantitative estimate of drug-likeness (QED) is 0.478. The van der Waals surface area contributed by atoms with Gasteiger partial charge in [0.15, 0.2) is 0 Å². The van der Waals surface area contributed by atoms with E-state index in [-0.39, 0.29) is 5.75 Å². The monoisotopic (exact) mass is 427 g/mol. The van der Waals surface area contributed by atoms with Crippen LogP contribution in [0.25, 0.3) is 16.7 Å². The summed E-state index contributed by atoms with van der Waals surface area (Å²) in [7, 11) is 0. The molecule has 0 amide bonds. The summed E-state index contributed by atoms with van der Waals surface area (Å²) in [5.74, 6) is -0.881. The topological polar surface area (TPSA) is 77.2 Å². The number of hydrogen-bond donors (Lipinski definition) is 1. The molecule has 0 saturated carbocycles. The van der Waals surface area contributed by atoms with Crippen LogP contribution in [0.4, 0.5) is 0 Å². The van der Waals surface area contributed by atoms with E-state index in [4.69, 9.17) is 27.9 Å². The van der Waals surface area contributed by atoms with Gasteiger partial charge in [-0.2, -0.15) is 0 Å². The van der Waals surface area contributed by atoms with E-state index in [0.29, 0.717) is 32.3 Å². The Labute approximate surface area is 176 Å². The molecular weight excluding hydrogens is 413 g/mol. The number of carboxylic acids is 1. The molecule has 0 bridgehead atoms. The van der Waals surface area contributed by atoms with Crippen molar-refractivity contribution in [2.45, 2.75) is 12.5 Å². The van der Waals surface area contributed by atoms with Gasteiger partial charge < -0.3 is 9.84 Å². The molecule has 0 aliphatic heterocycles. The van der Waals surface area contributed by atoms with E-state index in [1.807, 2.05) is 24.3 Å². The minimum atomic E-state index is -1.67. The summed E-state index contributed by atoms with van der Waals surface area (Å²) >= 11 is 12.1. The highest BCUT2D eigenvalue weighted by Crippen LogP contribution is 2.34. The first kappa shape index (κ1) is 19.2. The Morgan fingerprint density at radius 1 is 0.966 bits per heavy atom. The Morgan fingerprint density at radius 2 is 1.55 bits per heavy atom. The second kappa shape index (κ2) is 7.39. The van der Waals surface area contributed by atoms with Crippen molar-refractivity contribution in [1.29, 1.82) is 0 Å². The number of benzene rings is 3. The Hall–Kier alpha value is -3.09. The number of ether oxygens (including phenoxy) is 1. The van der Waals surface area contributed by atoms with E-state index < -0.39 is 11.6 Å². The van der Waals surface area contributed by atoms with Gasteiger partial charge in [0.05, 0.1) is 0 Å². The van der Waals surface area contributed by atoms with Crippen molar-refractivity contribution >= 4 is 40.2 Å². The third-order valence-corrected chi connectivity index (χ3v) is 5.03. The molecule has 1 unspecified atom stereocenters. The van der Waals surface area contributed by atoms with Crippen molar-refractivity contribution in [3.8, 4) is 11.4 Å². The average molecular weight is 428 g/mol. The standard InChI is InChI=1S/C21H15Cl2N3O3/c1-21(20(27)28,13-6-8-14(22)9-7-13)29-19-11-10-15(23)12-18(19)26-24-16-4-2-3-5-17(16)25-26/h2-12H,1H3,(H,27,28). The van der Waals surface area contributed by atoms with Gasteiger partial charge >= 0.3 is 5.97 Å². The van der Waals surface area contributed by atoms with Gasteiger partial charge in [-0.05, 0) is 49.4 Å². The molecule has 0 fully saturated rings. The van der Waals surface area contributed by atoms with Gasteiger partial charge in [-0.25, -0.2) is 4.79 Å². The molecule has 0 aliphatic rings. The van der Waals surface area contributed by atoms with Crippen LogP contribution in [0.15, 0.2) is 66.7 Å². The van der Waals surface area contributed by atoms with Gasteiger partial charge in [-0.3, -0.25) is 0 Å². The molecule has 0 aliphatic carbocycles. The van der Waals surface area contributed by atoms with Crippen LogP contribution in [0.5, 0.6) is 5.75 Å².